The van der Waals surface area contributed by atoms with Gasteiger partial charge in [0.1, 0.15) is 5.69 Å². The quantitative estimate of drug-likeness (QED) is 0.638. The summed E-state index contributed by atoms with van der Waals surface area (Å²) in [4.78, 5) is 28.4. The molecule has 2 saturated carbocycles. The van der Waals surface area contributed by atoms with Crippen molar-refractivity contribution in [1.82, 2.24) is 4.90 Å². The van der Waals surface area contributed by atoms with Crippen molar-refractivity contribution < 1.29 is 14.8 Å². The first-order valence-electron chi connectivity index (χ1n) is 10.5. The van der Waals surface area contributed by atoms with Gasteiger partial charge in [-0.15, -0.1) is 0 Å². The van der Waals surface area contributed by atoms with Crippen LogP contribution in [0.3, 0.4) is 0 Å². The monoisotopic (exact) mass is 385 g/mol. The predicted octanol–water partition coefficient (Wildman–Crippen LogP) is 2.67. The molecule has 2 aliphatic heterocycles. The maximum Gasteiger partial charge on any atom is 0.293 e. The van der Waals surface area contributed by atoms with Crippen LogP contribution in [0.1, 0.15) is 43.0 Å². The lowest BCUT2D eigenvalue weighted by atomic mass is 9.88. The van der Waals surface area contributed by atoms with Gasteiger partial charge in [-0.25, -0.2) is 0 Å². The number of nitrogens with zero attached hydrogens (tertiary/aromatic N) is 3. The SMILES string of the molecule is CC1CCCN(c2ccc(C(=O)N3CC4CC5CC4C3C5O)cc2[N+](=O)[O-])C1. The molecule has 0 spiro atoms. The van der Waals surface area contributed by atoms with Crippen LogP contribution in [0.4, 0.5) is 11.4 Å². The van der Waals surface area contributed by atoms with Crippen LogP contribution in [0.25, 0.3) is 0 Å². The Morgan fingerprint density at radius 2 is 2.07 bits per heavy atom. The number of hydrogen-bond donors (Lipinski definition) is 1. The standard InChI is InChI=1S/C21H27N3O4/c1-12-3-2-6-22(10-12)17-5-4-13(9-18(17)24(27)28)21(26)23-11-15-7-14-8-16(15)19(23)20(14)25/h4-5,9,12,14-16,19-20,25H,2-3,6-8,10-11H2,1H3. The van der Waals surface area contributed by atoms with Gasteiger partial charge in [0.2, 0.25) is 0 Å². The summed E-state index contributed by atoms with van der Waals surface area (Å²) >= 11 is 0. The number of nitro groups is 1. The minimum absolute atomic E-state index is 0.00645. The summed E-state index contributed by atoms with van der Waals surface area (Å²) in [6.45, 7) is 4.45. The molecule has 1 N–H and O–H groups in total. The second-order valence-electron chi connectivity index (χ2n) is 9.25. The molecule has 6 atom stereocenters. The number of amides is 1. The van der Waals surface area contributed by atoms with E-state index in [0.29, 0.717) is 41.5 Å². The molecule has 1 aromatic rings. The molecule has 7 heteroatoms. The van der Waals surface area contributed by atoms with Crippen molar-refractivity contribution >= 4 is 17.3 Å². The van der Waals surface area contributed by atoms with E-state index < -0.39 is 6.10 Å². The van der Waals surface area contributed by atoms with Crippen LogP contribution in [0, 0.1) is 33.8 Å². The predicted molar refractivity (Wildman–Crippen MR) is 104 cm³/mol. The summed E-state index contributed by atoms with van der Waals surface area (Å²) in [5.74, 6) is 1.52. The Labute approximate surface area is 164 Å². The molecule has 0 radical (unpaired) electrons. The Morgan fingerprint density at radius 3 is 2.79 bits per heavy atom. The number of anilines is 1. The van der Waals surface area contributed by atoms with Crippen LogP contribution >= 0.6 is 0 Å². The first-order chi connectivity index (χ1) is 13.4. The minimum Gasteiger partial charge on any atom is -0.391 e. The lowest BCUT2D eigenvalue weighted by Crippen LogP contribution is -2.43. The highest BCUT2D eigenvalue weighted by molar-refractivity contribution is 5.96. The van der Waals surface area contributed by atoms with Gasteiger partial charge in [-0.05, 0) is 61.5 Å². The van der Waals surface area contributed by atoms with Gasteiger partial charge in [-0.3, -0.25) is 14.9 Å². The van der Waals surface area contributed by atoms with Gasteiger partial charge in [0, 0.05) is 31.3 Å². The number of carbonyl (C=O) groups is 1. The smallest absolute Gasteiger partial charge is 0.293 e. The van der Waals surface area contributed by atoms with E-state index in [1.54, 1.807) is 17.0 Å². The average Bonchev–Trinajstić information content (AvgIpc) is 3.30. The highest BCUT2D eigenvalue weighted by Crippen LogP contribution is 2.55. The Morgan fingerprint density at radius 1 is 1.25 bits per heavy atom. The van der Waals surface area contributed by atoms with E-state index in [2.05, 4.69) is 11.8 Å². The topological polar surface area (TPSA) is 86.9 Å². The number of hydrogen-bond acceptors (Lipinski definition) is 5. The van der Waals surface area contributed by atoms with E-state index in [-0.39, 0.29) is 22.6 Å². The summed E-state index contributed by atoms with van der Waals surface area (Å²) in [7, 11) is 0. The van der Waals surface area contributed by atoms with Gasteiger partial charge < -0.3 is 14.9 Å². The maximum atomic E-state index is 13.2. The van der Waals surface area contributed by atoms with E-state index in [9.17, 15) is 20.0 Å². The molecule has 2 aliphatic carbocycles. The number of benzene rings is 1. The average molecular weight is 385 g/mol. The van der Waals surface area contributed by atoms with Crippen LogP contribution in [-0.4, -0.2) is 52.6 Å². The summed E-state index contributed by atoms with van der Waals surface area (Å²) in [6.07, 6.45) is 3.72. The van der Waals surface area contributed by atoms with E-state index in [0.717, 1.165) is 38.8 Å². The number of aliphatic hydroxyl groups excluding tert-OH is 1. The van der Waals surface area contributed by atoms with Gasteiger partial charge in [-0.1, -0.05) is 6.92 Å². The zero-order valence-corrected chi connectivity index (χ0v) is 16.2. The Balaban J connectivity index is 1.43. The number of nitro benzene ring substituents is 1. The van der Waals surface area contributed by atoms with E-state index in [1.807, 2.05) is 0 Å². The van der Waals surface area contributed by atoms with Gasteiger partial charge in [0.05, 0.1) is 17.1 Å². The Bertz CT molecular complexity index is 826. The second kappa shape index (κ2) is 6.44. The van der Waals surface area contributed by atoms with Crippen LogP contribution in [0.5, 0.6) is 0 Å². The molecule has 2 bridgehead atoms. The molecule has 5 rings (SSSR count). The van der Waals surface area contributed by atoms with Crippen molar-refractivity contribution in [1.29, 1.82) is 0 Å². The molecule has 28 heavy (non-hydrogen) atoms. The fourth-order valence-corrected chi connectivity index (χ4v) is 6.29. The molecule has 7 nitrogen and oxygen atoms in total. The van der Waals surface area contributed by atoms with Crippen LogP contribution in [0.2, 0.25) is 0 Å². The Kier molecular flexibility index (Phi) is 4.12. The molecule has 4 aliphatic rings. The van der Waals surface area contributed by atoms with Gasteiger partial charge in [0.15, 0.2) is 0 Å². The van der Waals surface area contributed by atoms with Gasteiger partial charge in [-0.2, -0.15) is 0 Å². The van der Waals surface area contributed by atoms with Gasteiger partial charge >= 0.3 is 0 Å². The zero-order chi connectivity index (χ0) is 19.6. The number of fused-ring (bicyclic) bond motifs is 1. The molecule has 0 aromatic heterocycles. The molecule has 6 unspecified atom stereocenters. The third-order valence-corrected chi connectivity index (χ3v) is 7.53. The van der Waals surface area contributed by atoms with Crippen LogP contribution in [0.15, 0.2) is 18.2 Å². The summed E-state index contributed by atoms with van der Waals surface area (Å²) in [5.41, 5.74) is 0.972. The number of aliphatic hydroxyl groups is 1. The number of piperidine rings is 1. The van der Waals surface area contributed by atoms with Crippen molar-refractivity contribution in [3.63, 3.8) is 0 Å². The zero-order valence-electron chi connectivity index (χ0n) is 16.2. The minimum atomic E-state index is -0.447. The molecular formula is C21H27N3O4. The van der Waals surface area contributed by atoms with Crippen molar-refractivity contribution in [3.8, 4) is 0 Å². The van der Waals surface area contributed by atoms with E-state index in [1.165, 1.54) is 6.07 Å². The largest absolute Gasteiger partial charge is 0.391 e. The Hall–Kier alpha value is -2.15. The van der Waals surface area contributed by atoms with Crippen molar-refractivity contribution in [2.45, 2.75) is 44.8 Å². The lowest BCUT2D eigenvalue weighted by Gasteiger charge is -2.32. The number of likely N-dealkylation sites (tertiary alicyclic amines) is 1. The molecule has 1 amide bonds. The second-order valence-corrected chi connectivity index (χ2v) is 9.25. The fraction of sp³-hybridized carbons (Fsp3) is 0.667. The highest BCUT2D eigenvalue weighted by Gasteiger charge is 2.60. The first-order valence-corrected chi connectivity index (χ1v) is 10.5. The van der Waals surface area contributed by atoms with Crippen molar-refractivity contribution in [2.24, 2.45) is 23.7 Å². The summed E-state index contributed by atoms with van der Waals surface area (Å²) < 4.78 is 0. The molecule has 4 fully saturated rings. The van der Waals surface area contributed by atoms with E-state index in [4.69, 9.17) is 0 Å². The fourth-order valence-electron chi connectivity index (χ4n) is 6.29. The van der Waals surface area contributed by atoms with Crippen molar-refractivity contribution in [2.75, 3.05) is 24.5 Å². The first kappa shape index (κ1) is 17.9. The van der Waals surface area contributed by atoms with Crippen molar-refractivity contribution in [3.05, 3.63) is 33.9 Å². The summed E-state index contributed by atoms with van der Waals surface area (Å²) in [5, 5.41) is 22.3. The third kappa shape index (κ3) is 2.63. The molecular weight excluding hydrogens is 358 g/mol. The third-order valence-electron chi connectivity index (χ3n) is 7.53. The maximum absolute atomic E-state index is 13.2. The molecule has 150 valence electrons. The summed E-state index contributed by atoms with van der Waals surface area (Å²) in [6, 6.07) is 4.79. The van der Waals surface area contributed by atoms with E-state index >= 15 is 0 Å². The highest BCUT2D eigenvalue weighted by atomic mass is 16.6. The van der Waals surface area contributed by atoms with Crippen LogP contribution < -0.4 is 4.90 Å². The normalized spacial score (nSPS) is 36.2. The molecule has 2 heterocycles. The number of carbonyl (C=O) groups excluding carboxylic acids is 1. The number of rotatable bonds is 3. The van der Waals surface area contributed by atoms with Gasteiger partial charge in [0.25, 0.3) is 11.6 Å². The molecule has 1 aromatic carbocycles. The van der Waals surface area contributed by atoms with Crippen LogP contribution in [-0.2, 0) is 0 Å². The molecule has 2 saturated heterocycles. The lowest BCUT2D eigenvalue weighted by molar-refractivity contribution is -0.384.